The molecule has 3 heteroatoms. The Kier molecular flexibility index (Phi) is 4.06. The zero-order valence-corrected chi connectivity index (χ0v) is 9.00. The summed E-state index contributed by atoms with van der Waals surface area (Å²) in [5.41, 5.74) is 0. The Balaban J connectivity index is 2.41. The normalized spacial score (nSPS) is 13.2. The van der Waals surface area contributed by atoms with E-state index in [0.29, 0.717) is 6.04 Å². The van der Waals surface area contributed by atoms with Crippen LogP contribution in [0, 0.1) is 0 Å². The van der Waals surface area contributed by atoms with Crippen LogP contribution < -0.4 is 5.32 Å². The highest BCUT2D eigenvalue weighted by atomic mass is 35.5. The van der Waals surface area contributed by atoms with E-state index in [-0.39, 0.29) is 0 Å². The van der Waals surface area contributed by atoms with Gasteiger partial charge < -0.3 is 5.32 Å². The summed E-state index contributed by atoms with van der Waals surface area (Å²) in [6.45, 7) is 5.34. The van der Waals surface area contributed by atoms with E-state index in [9.17, 15) is 0 Å². The molecule has 0 radical (unpaired) electrons. The molecule has 0 saturated carbocycles. The summed E-state index contributed by atoms with van der Waals surface area (Å²) in [7, 11) is 0. The molecule has 1 atom stereocenters. The standard InChI is InChI=1S/C9H14ClNS/c1-3-11-7(2)6-8-4-5-9(10)12-8/h4-5,7,11H,3,6H2,1-2H3. The van der Waals surface area contributed by atoms with E-state index in [1.54, 1.807) is 11.3 Å². The van der Waals surface area contributed by atoms with Crippen LogP contribution in [0.15, 0.2) is 12.1 Å². The molecule has 0 aliphatic carbocycles. The molecule has 0 fully saturated rings. The van der Waals surface area contributed by atoms with Gasteiger partial charge in [0, 0.05) is 10.9 Å². The van der Waals surface area contributed by atoms with Crippen molar-refractivity contribution in [2.75, 3.05) is 6.54 Å². The molecule has 0 amide bonds. The van der Waals surface area contributed by atoms with Crippen LogP contribution in [-0.2, 0) is 6.42 Å². The second kappa shape index (κ2) is 4.85. The minimum absolute atomic E-state index is 0.546. The third-order valence-electron chi connectivity index (χ3n) is 1.69. The number of thiophene rings is 1. The van der Waals surface area contributed by atoms with Gasteiger partial charge in [0.25, 0.3) is 0 Å². The lowest BCUT2D eigenvalue weighted by atomic mass is 10.2. The molecule has 0 aromatic carbocycles. The van der Waals surface area contributed by atoms with Crippen molar-refractivity contribution >= 4 is 22.9 Å². The van der Waals surface area contributed by atoms with E-state index < -0.39 is 0 Å². The molecule has 12 heavy (non-hydrogen) atoms. The second-order valence-electron chi connectivity index (χ2n) is 2.87. The summed E-state index contributed by atoms with van der Waals surface area (Å²) >= 11 is 7.49. The highest BCUT2D eigenvalue weighted by Gasteiger charge is 2.03. The van der Waals surface area contributed by atoms with E-state index in [2.05, 4.69) is 25.2 Å². The third kappa shape index (κ3) is 3.13. The van der Waals surface area contributed by atoms with Crippen molar-refractivity contribution in [3.63, 3.8) is 0 Å². The Morgan fingerprint density at radius 2 is 2.33 bits per heavy atom. The summed E-state index contributed by atoms with van der Waals surface area (Å²) in [5.74, 6) is 0. The zero-order valence-electron chi connectivity index (χ0n) is 7.43. The monoisotopic (exact) mass is 203 g/mol. The molecule has 1 aromatic heterocycles. The number of halogens is 1. The van der Waals surface area contributed by atoms with Crippen LogP contribution in [0.5, 0.6) is 0 Å². The predicted molar refractivity (Wildman–Crippen MR) is 56.2 cm³/mol. The van der Waals surface area contributed by atoms with Gasteiger partial charge in [-0.05, 0) is 32.0 Å². The number of likely N-dealkylation sites (N-methyl/N-ethyl adjacent to an activating group) is 1. The highest BCUT2D eigenvalue weighted by Crippen LogP contribution is 2.22. The summed E-state index contributed by atoms with van der Waals surface area (Å²) in [5, 5.41) is 3.37. The van der Waals surface area contributed by atoms with Crippen molar-refractivity contribution in [1.82, 2.24) is 5.32 Å². The van der Waals surface area contributed by atoms with E-state index >= 15 is 0 Å². The number of rotatable bonds is 4. The minimum Gasteiger partial charge on any atom is -0.314 e. The molecule has 1 unspecified atom stereocenters. The number of hydrogen-bond donors (Lipinski definition) is 1. The van der Waals surface area contributed by atoms with Gasteiger partial charge in [0.1, 0.15) is 0 Å². The lowest BCUT2D eigenvalue weighted by Gasteiger charge is -2.09. The van der Waals surface area contributed by atoms with Gasteiger partial charge in [-0.15, -0.1) is 11.3 Å². The highest BCUT2D eigenvalue weighted by molar-refractivity contribution is 7.16. The molecule has 1 N–H and O–H groups in total. The summed E-state index contributed by atoms with van der Waals surface area (Å²) < 4.78 is 0.883. The van der Waals surface area contributed by atoms with Crippen LogP contribution in [0.4, 0.5) is 0 Å². The number of nitrogens with one attached hydrogen (secondary N) is 1. The van der Waals surface area contributed by atoms with Crippen molar-refractivity contribution in [2.45, 2.75) is 26.3 Å². The Morgan fingerprint density at radius 3 is 2.83 bits per heavy atom. The van der Waals surface area contributed by atoms with Crippen molar-refractivity contribution in [2.24, 2.45) is 0 Å². The lowest BCUT2D eigenvalue weighted by molar-refractivity contribution is 0.569. The SMILES string of the molecule is CCNC(C)Cc1ccc(Cl)s1. The first kappa shape index (κ1) is 10.0. The fourth-order valence-corrected chi connectivity index (χ4v) is 2.40. The molecule has 0 aliphatic rings. The van der Waals surface area contributed by atoms with Gasteiger partial charge in [-0.25, -0.2) is 0 Å². The summed E-state index contributed by atoms with van der Waals surface area (Å²) in [6.07, 6.45) is 1.07. The van der Waals surface area contributed by atoms with E-state index in [4.69, 9.17) is 11.6 Å². The van der Waals surface area contributed by atoms with Gasteiger partial charge in [-0.3, -0.25) is 0 Å². The van der Waals surface area contributed by atoms with Crippen LogP contribution in [0.3, 0.4) is 0 Å². The first-order chi connectivity index (χ1) is 5.72. The molecule has 0 spiro atoms. The van der Waals surface area contributed by atoms with Gasteiger partial charge in [0.05, 0.1) is 4.34 Å². The van der Waals surface area contributed by atoms with E-state index in [1.807, 2.05) is 6.07 Å². The maximum Gasteiger partial charge on any atom is 0.0931 e. The predicted octanol–water partition coefficient (Wildman–Crippen LogP) is 2.94. The molecule has 1 nitrogen and oxygen atoms in total. The van der Waals surface area contributed by atoms with E-state index in [1.165, 1.54) is 4.88 Å². The molecule has 0 aliphatic heterocycles. The van der Waals surface area contributed by atoms with E-state index in [0.717, 1.165) is 17.3 Å². The molecule has 1 heterocycles. The van der Waals surface area contributed by atoms with Crippen molar-refractivity contribution in [1.29, 1.82) is 0 Å². The molecular formula is C9H14ClNS. The Morgan fingerprint density at radius 1 is 1.58 bits per heavy atom. The van der Waals surface area contributed by atoms with Crippen molar-refractivity contribution in [3.8, 4) is 0 Å². The van der Waals surface area contributed by atoms with Gasteiger partial charge >= 0.3 is 0 Å². The van der Waals surface area contributed by atoms with Crippen molar-refractivity contribution in [3.05, 3.63) is 21.3 Å². The fraction of sp³-hybridized carbons (Fsp3) is 0.556. The maximum atomic E-state index is 5.82. The quantitative estimate of drug-likeness (QED) is 0.794. The van der Waals surface area contributed by atoms with Gasteiger partial charge in [-0.2, -0.15) is 0 Å². The third-order valence-corrected chi connectivity index (χ3v) is 2.94. The van der Waals surface area contributed by atoms with Crippen LogP contribution in [0.25, 0.3) is 0 Å². The first-order valence-corrected chi connectivity index (χ1v) is 5.39. The average molecular weight is 204 g/mol. The topological polar surface area (TPSA) is 12.0 Å². The molecule has 0 bridgehead atoms. The van der Waals surface area contributed by atoms with Crippen LogP contribution in [-0.4, -0.2) is 12.6 Å². The average Bonchev–Trinajstić information content (AvgIpc) is 2.36. The van der Waals surface area contributed by atoms with Crippen molar-refractivity contribution < 1.29 is 0 Å². The summed E-state index contributed by atoms with van der Waals surface area (Å²) in [4.78, 5) is 1.36. The second-order valence-corrected chi connectivity index (χ2v) is 4.67. The largest absolute Gasteiger partial charge is 0.314 e. The Hall–Kier alpha value is -0.0500. The molecule has 1 aromatic rings. The smallest absolute Gasteiger partial charge is 0.0931 e. The number of hydrogen-bond acceptors (Lipinski definition) is 2. The lowest BCUT2D eigenvalue weighted by Crippen LogP contribution is -2.27. The van der Waals surface area contributed by atoms with Gasteiger partial charge in [0.2, 0.25) is 0 Å². The van der Waals surface area contributed by atoms with Crippen LogP contribution >= 0.6 is 22.9 Å². The van der Waals surface area contributed by atoms with Gasteiger partial charge in [-0.1, -0.05) is 18.5 Å². The fourth-order valence-electron chi connectivity index (χ4n) is 1.18. The zero-order chi connectivity index (χ0) is 8.97. The Labute approximate surface area is 82.7 Å². The molecule has 1 rings (SSSR count). The van der Waals surface area contributed by atoms with Crippen LogP contribution in [0.2, 0.25) is 4.34 Å². The minimum atomic E-state index is 0.546. The first-order valence-electron chi connectivity index (χ1n) is 4.20. The van der Waals surface area contributed by atoms with Gasteiger partial charge in [0.15, 0.2) is 0 Å². The Bertz CT molecular complexity index is 234. The molecule has 68 valence electrons. The summed E-state index contributed by atoms with van der Waals surface area (Å²) in [6, 6.07) is 4.60. The molecule has 0 saturated heterocycles. The van der Waals surface area contributed by atoms with Crippen LogP contribution in [0.1, 0.15) is 18.7 Å². The molecular weight excluding hydrogens is 190 g/mol. The maximum absolute atomic E-state index is 5.82.